The molecule has 202 valence electrons. The van der Waals surface area contributed by atoms with Crippen LogP contribution in [0.25, 0.3) is 0 Å². The molecular formula is C33H32N4O3. The molecule has 6 rings (SSSR count). The van der Waals surface area contributed by atoms with Crippen LogP contribution in [0.2, 0.25) is 0 Å². The molecule has 0 radical (unpaired) electrons. The van der Waals surface area contributed by atoms with Gasteiger partial charge in [0.1, 0.15) is 0 Å². The zero-order chi connectivity index (χ0) is 28.5. The Balaban J connectivity index is 1.65. The standard InChI is InChI=1S/C33H32N4O3/c1-7-19-15(3)23-12-25-17(5)21(9-10-30(39)40)32(36-25)22-11-29(38)31-18(6)26(37-33(22)31)14-28-20(8-2)16(4)24(35-28)13-27(19)34-23/h12-14H,7-11H2,1-6H3,(H,39,40). The molecule has 0 spiro atoms. The van der Waals surface area contributed by atoms with Gasteiger partial charge < -0.3 is 5.11 Å². The lowest BCUT2D eigenvalue weighted by atomic mass is 9.96. The number of carboxylic acids is 1. The summed E-state index contributed by atoms with van der Waals surface area (Å²) in [5.74, 6) is -0.846. The zero-order valence-electron chi connectivity index (χ0n) is 23.8. The fourth-order valence-corrected chi connectivity index (χ4v) is 6.38. The molecule has 0 aromatic carbocycles. The van der Waals surface area contributed by atoms with Gasteiger partial charge in [0.2, 0.25) is 0 Å². The van der Waals surface area contributed by atoms with Crippen LogP contribution in [0.5, 0.6) is 0 Å². The summed E-state index contributed by atoms with van der Waals surface area (Å²) < 4.78 is 0. The minimum Gasteiger partial charge on any atom is -0.481 e. The summed E-state index contributed by atoms with van der Waals surface area (Å²) in [7, 11) is 0. The third-order valence-electron chi connectivity index (χ3n) is 8.66. The second-order valence-electron chi connectivity index (χ2n) is 10.9. The number of fused-ring (bicyclic) bond motifs is 4. The Kier molecular flexibility index (Phi) is 6.13. The van der Waals surface area contributed by atoms with Crippen molar-refractivity contribution in [3.05, 3.63) is 91.2 Å². The number of carbonyl (C=O) groups is 2. The summed E-state index contributed by atoms with van der Waals surface area (Å²) in [6.07, 6.45) is 8.25. The van der Waals surface area contributed by atoms with Gasteiger partial charge >= 0.3 is 5.97 Å². The Bertz CT molecular complexity index is 1740. The molecule has 0 atom stereocenters. The number of aliphatic carboxylic acids is 1. The number of ketones is 1. The lowest BCUT2D eigenvalue weighted by Gasteiger charge is -2.08. The first kappa shape index (κ1) is 26.0. The van der Waals surface area contributed by atoms with E-state index in [9.17, 15) is 14.7 Å². The van der Waals surface area contributed by atoms with Gasteiger partial charge in [-0.2, -0.15) is 0 Å². The Labute approximate surface area is 234 Å². The molecule has 0 saturated heterocycles. The monoisotopic (exact) mass is 532 g/mol. The summed E-state index contributed by atoms with van der Waals surface area (Å²) in [6.45, 7) is 12.4. The molecule has 8 bridgehead atoms. The van der Waals surface area contributed by atoms with E-state index in [1.165, 1.54) is 5.57 Å². The van der Waals surface area contributed by atoms with Gasteiger partial charge in [-0.15, -0.1) is 0 Å². The molecule has 7 heteroatoms. The molecule has 1 saturated carbocycles. The Hall–Kier alpha value is -4.26. The summed E-state index contributed by atoms with van der Waals surface area (Å²) in [6, 6.07) is 0. The maximum atomic E-state index is 13.3. The first-order chi connectivity index (χ1) is 19.1. The van der Waals surface area contributed by atoms with E-state index < -0.39 is 5.97 Å². The fraction of sp³-hybridized carbons (Fsp3) is 0.333. The second-order valence-corrected chi connectivity index (χ2v) is 10.9. The number of carboxylic acid groups (broad SMARTS) is 1. The quantitative estimate of drug-likeness (QED) is 0.429. The van der Waals surface area contributed by atoms with Crippen molar-refractivity contribution in [3.8, 4) is 0 Å². The number of rotatable bonds is 5. The van der Waals surface area contributed by atoms with Crippen LogP contribution in [0, 0.1) is 0 Å². The zero-order valence-corrected chi connectivity index (χ0v) is 23.8. The number of nitrogens with zero attached hydrogens (tertiary/aromatic N) is 4. The van der Waals surface area contributed by atoms with Crippen molar-refractivity contribution in [2.24, 2.45) is 20.0 Å². The van der Waals surface area contributed by atoms with Crippen molar-refractivity contribution >= 4 is 34.6 Å². The molecule has 40 heavy (non-hydrogen) atoms. The second kappa shape index (κ2) is 9.44. The number of hydrogen-bond donors (Lipinski definition) is 1. The van der Waals surface area contributed by atoms with Gasteiger partial charge in [-0.05, 0) is 104 Å². The molecule has 7 nitrogen and oxygen atoms in total. The SMILES string of the molecule is CCC1=C(C)C2=CC3=NC(=C4CC(=O)C5=C(C)C(=CC6=NC(=CC1=N2)C(C)=C6CC)N=C45)C(CCC(=O)O)=C3C. The Morgan fingerprint density at radius 1 is 0.750 bits per heavy atom. The van der Waals surface area contributed by atoms with Crippen LogP contribution in [0.15, 0.2) is 111 Å². The van der Waals surface area contributed by atoms with Crippen molar-refractivity contribution < 1.29 is 14.7 Å². The van der Waals surface area contributed by atoms with Gasteiger partial charge in [-0.1, -0.05) is 13.8 Å². The largest absolute Gasteiger partial charge is 0.481 e. The average molecular weight is 533 g/mol. The minimum absolute atomic E-state index is 0.0176. The van der Waals surface area contributed by atoms with Crippen LogP contribution in [0.4, 0.5) is 0 Å². The molecular weight excluding hydrogens is 500 g/mol. The van der Waals surface area contributed by atoms with Crippen LogP contribution in [-0.2, 0) is 9.59 Å². The van der Waals surface area contributed by atoms with E-state index in [-0.39, 0.29) is 18.6 Å². The molecule has 0 aromatic heterocycles. The summed E-state index contributed by atoms with van der Waals surface area (Å²) >= 11 is 0. The van der Waals surface area contributed by atoms with E-state index in [0.717, 1.165) is 86.1 Å². The van der Waals surface area contributed by atoms with Crippen molar-refractivity contribution in [2.75, 3.05) is 0 Å². The summed E-state index contributed by atoms with van der Waals surface area (Å²) in [5.41, 5.74) is 15.0. The van der Waals surface area contributed by atoms with E-state index in [1.54, 1.807) is 0 Å². The summed E-state index contributed by atoms with van der Waals surface area (Å²) in [5, 5.41) is 9.47. The van der Waals surface area contributed by atoms with E-state index >= 15 is 0 Å². The molecule has 5 aliphatic heterocycles. The van der Waals surface area contributed by atoms with Gasteiger partial charge in [0.15, 0.2) is 5.78 Å². The smallest absolute Gasteiger partial charge is 0.303 e. The number of hydrogen-bond acceptors (Lipinski definition) is 6. The van der Waals surface area contributed by atoms with Gasteiger partial charge in [-0.25, -0.2) is 20.0 Å². The third-order valence-corrected chi connectivity index (χ3v) is 8.66. The van der Waals surface area contributed by atoms with E-state index in [0.29, 0.717) is 23.4 Å². The first-order valence-corrected chi connectivity index (χ1v) is 13.9. The van der Waals surface area contributed by atoms with Crippen molar-refractivity contribution in [1.29, 1.82) is 0 Å². The van der Waals surface area contributed by atoms with Crippen LogP contribution in [0.3, 0.4) is 0 Å². The molecule has 1 fully saturated rings. The highest BCUT2D eigenvalue weighted by Gasteiger charge is 2.39. The predicted molar refractivity (Wildman–Crippen MR) is 159 cm³/mol. The molecule has 0 amide bonds. The molecule has 0 unspecified atom stereocenters. The van der Waals surface area contributed by atoms with Crippen LogP contribution in [-0.4, -0.2) is 39.7 Å². The van der Waals surface area contributed by atoms with Crippen molar-refractivity contribution in [1.82, 2.24) is 0 Å². The van der Waals surface area contributed by atoms with Crippen LogP contribution in [0.1, 0.15) is 73.6 Å². The normalized spacial score (nSPS) is 21.9. The predicted octanol–water partition coefficient (Wildman–Crippen LogP) is 6.65. The van der Waals surface area contributed by atoms with Gasteiger partial charge in [-0.3, -0.25) is 9.59 Å². The third kappa shape index (κ3) is 3.86. The summed E-state index contributed by atoms with van der Waals surface area (Å²) in [4.78, 5) is 45.0. The highest BCUT2D eigenvalue weighted by atomic mass is 16.4. The highest BCUT2D eigenvalue weighted by Crippen LogP contribution is 2.43. The number of carbonyl (C=O) groups excluding carboxylic acids is 1. The highest BCUT2D eigenvalue weighted by molar-refractivity contribution is 6.38. The average Bonchev–Trinajstić information content (AvgIpc) is 3.65. The van der Waals surface area contributed by atoms with E-state index in [4.69, 9.17) is 20.0 Å². The van der Waals surface area contributed by atoms with Gasteiger partial charge in [0.05, 0.1) is 45.6 Å². The lowest BCUT2D eigenvalue weighted by Crippen LogP contribution is -2.02. The maximum absolute atomic E-state index is 13.3. The lowest BCUT2D eigenvalue weighted by molar-refractivity contribution is -0.137. The Morgan fingerprint density at radius 2 is 1.30 bits per heavy atom. The van der Waals surface area contributed by atoms with Crippen molar-refractivity contribution in [3.63, 3.8) is 0 Å². The number of aliphatic imine (C=N–C) groups is 4. The van der Waals surface area contributed by atoms with Gasteiger partial charge in [0.25, 0.3) is 0 Å². The van der Waals surface area contributed by atoms with Crippen LogP contribution >= 0.6 is 0 Å². The van der Waals surface area contributed by atoms with E-state index in [2.05, 4.69) is 33.8 Å². The molecule has 1 N–H and O–H groups in total. The number of allylic oxidation sites excluding steroid dienone is 12. The maximum Gasteiger partial charge on any atom is 0.303 e. The molecule has 5 heterocycles. The van der Waals surface area contributed by atoms with E-state index in [1.807, 2.05) is 26.0 Å². The minimum atomic E-state index is -0.868. The molecule has 6 aliphatic rings. The first-order valence-electron chi connectivity index (χ1n) is 13.9. The fourth-order valence-electron chi connectivity index (χ4n) is 6.38. The number of Topliss-reactive ketones (excluding diaryl/α,β-unsaturated/α-hetero) is 1. The van der Waals surface area contributed by atoms with Crippen LogP contribution < -0.4 is 0 Å². The molecule has 0 aromatic rings. The van der Waals surface area contributed by atoms with Gasteiger partial charge in [0, 0.05) is 24.0 Å². The topological polar surface area (TPSA) is 104 Å². The Morgan fingerprint density at radius 3 is 1.85 bits per heavy atom. The molecule has 1 aliphatic carbocycles. The van der Waals surface area contributed by atoms with Crippen molar-refractivity contribution in [2.45, 2.75) is 73.6 Å².